The number of esters is 2. The van der Waals surface area contributed by atoms with Crippen molar-refractivity contribution in [3.63, 3.8) is 0 Å². The van der Waals surface area contributed by atoms with Crippen molar-refractivity contribution in [3.05, 3.63) is 29.8 Å². The number of hydrogen-bond acceptors (Lipinski definition) is 7. The van der Waals surface area contributed by atoms with Gasteiger partial charge in [-0.2, -0.15) is 0 Å². The Bertz CT molecular complexity index is 705. The number of hydrogen-bond donors (Lipinski definition) is 1. The molecule has 9 heteroatoms. The van der Waals surface area contributed by atoms with Gasteiger partial charge in [-0.3, -0.25) is 9.59 Å². The average molecular weight is 411 g/mol. The van der Waals surface area contributed by atoms with E-state index in [0.29, 0.717) is 10.0 Å². The van der Waals surface area contributed by atoms with Gasteiger partial charge in [0.15, 0.2) is 6.61 Å². The molecular weight excluding hydrogens is 388 g/mol. The number of anilines is 1. The number of carbonyl (C=O) groups is 3. The molecule has 1 amide bonds. The van der Waals surface area contributed by atoms with E-state index in [2.05, 4.69) is 10.2 Å². The maximum Gasteiger partial charge on any atom is 0.340 e. The van der Waals surface area contributed by atoms with E-state index in [4.69, 9.17) is 21.7 Å². The van der Waals surface area contributed by atoms with Crippen molar-refractivity contribution >= 4 is 51.8 Å². The van der Waals surface area contributed by atoms with Crippen LogP contribution in [0.15, 0.2) is 24.3 Å². The second kappa shape index (κ2) is 10.9. The molecule has 0 saturated carbocycles. The number of nitrogens with one attached hydrogen (secondary N) is 1. The summed E-state index contributed by atoms with van der Waals surface area (Å²) in [7, 11) is 0. The summed E-state index contributed by atoms with van der Waals surface area (Å²) in [5.41, 5.74) is 0.548. The first kappa shape index (κ1) is 21.2. The summed E-state index contributed by atoms with van der Waals surface area (Å²) in [4.78, 5) is 37.8. The Morgan fingerprint density at radius 2 is 1.89 bits per heavy atom. The van der Waals surface area contributed by atoms with Gasteiger partial charge in [0.1, 0.15) is 4.32 Å². The molecule has 27 heavy (non-hydrogen) atoms. The van der Waals surface area contributed by atoms with Crippen LogP contribution in [-0.2, 0) is 19.1 Å². The molecule has 0 aromatic heterocycles. The number of rotatable bonds is 7. The fourth-order valence-corrected chi connectivity index (χ4v) is 3.51. The number of nitrogens with zero attached hydrogens (tertiary/aromatic N) is 1. The van der Waals surface area contributed by atoms with Crippen molar-refractivity contribution in [2.24, 2.45) is 0 Å². The fourth-order valence-electron chi connectivity index (χ4n) is 2.46. The number of thiocarbonyl (C=S) groups is 1. The highest BCUT2D eigenvalue weighted by Crippen LogP contribution is 2.17. The number of benzene rings is 1. The lowest BCUT2D eigenvalue weighted by Crippen LogP contribution is -2.26. The summed E-state index contributed by atoms with van der Waals surface area (Å²) in [5, 5.41) is 2.56. The summed E-state index contributed by atoms with van der Waals surface area (Å²) in [6.07, 6.45) is 2.22. The van der Waals surface area contributed by atoms with Gasteiger partial charge in [0.2, 0.25) is 0 Å². The number of para-hydroxylation sites is 1. The number of carbonyl (C=O) groups excluding carboxylic acids is 3. The predicted molar refractivity (Wildman–Crippen MR) is 108 cm³/mol. The first-order chi connectivity index (χ1) is 13.0. The van der Waals surface area contributed by atoms with Crippen LogP contribution in [-0.4, -0.2) is 59.1 Å². The average Bonchev–Trinajstić information content (AvgIpc) is 3.20. The first-order valence-electron chi connectivity index (χ1n) is 8.64. The molecule has 0 atom stereocenters. The summed E-state index contributed by atoms with van der Waals surface area (Å²) >= 11 is 6.51. The van der Waals surface area contributed by atoms with Crippen LogP contribution in [0.1, 0.15) is 30.1 Å². The summed E-state index contributed by atoms with van der Waals surface area (Å²) in [5.74, 6) is -1.53. The van der Waals surface area contributed by atoms with Gasteiger partial charge >= 0.3 is 11.9 Å². The van der Waals surface area contributed by atoms with Gasteiger partial charge in [-0.15, -0.1) is 0 Å². The minimum absolute atomic E-state index is 0.0576. The van der Waals surface area contributed by atoms with Crippen LogP contribution in [0.25, 0.3) is 0 Å². The van der Waals surface area contributed by atoms with Crippen LogP contribution < -0.4 is 5.32 Å². The molecule has 0 bridgehead atoms. The number of thioether (sulfide) groups is 1. The Balaban J connectivity index is 1.76. The summed E-state index contributed by atoms with van der Waals surface area (Å²) < 4.78 is 10.6. The van der Waals surface area contributed by atoms with Crippen molar-refractivity contribution in [2.75, 3.05) is 37.4 Å². The van der Waals surface area contributed by atoms with Gasteiger partial charge in [-0.1, -0.05) is 36.1 Å². The molecule has 1 aromatic rings. The zero-order valence-electron chi connectivity index (χ0n) is 15.1. The highest BCUT2D eigenvalue weighted by molar-refractivity contribution is 8.23. The Morgan fingerprint density at radius 3 is 2.59 bits per heavy atom. The molecule has 1 fully saturated rings. The van der Waals surface area contributed by atoms with E-state index >= 15 is 0 Å². The second-order valence-corrected chi connectivity index (χ2v) is 7.33. The standard InChI is InChI=1S/C18H22N2O5S2/c1-2-24-17(23)13-7-3-4-8-14(13)19-15(21)11-25-16(22)12-27-18(26)20-9-5-6-10-20/h3-4,7-8H,2,5-6,9-12H2,1H3,(H,19,21). The Kier molecular flexibility index (Phi) is 8.53. The summed E-state index contributed by atoms with van der Waals surface area (Å²) in [6, 6.07) is 6.48. The van der Waals surface area contributed by atoms with E-state index in [9.17, 15) is 14.4 Å². The number of amides is 1. The van der Waals surface area contributed by atoms with Crippen molar-refractivity contribution in [1.29, 1.82) is 0 Å². The fraction of sp³-hybridized carbons (Fsp3) is 0.444. The minimum atomic E-state index is -0.535. The lowest BCUT2D eigenvalue weighted by Gasteiger charge is -2.17. The Hall–Kier alpha value is -2.13. The van der Waals surface area contributed by atoms with E-state index in [-0.39, 0.29) is 17.9 Å². The van der Waals surface area contributed by atoms with E-state index < -0.39 is 24.5 Å². The van der Waals surface area contributed by atoms with Gasteiger partial charge in [0, 0.05) is 13.1 Å². The van der Waals surface area contributed by atoms with Crippen LogP contribution in [0.5, 0.6) is 0 Å². The van der Waals surface area contributed by atoms with E-state index in [0.717, 1.165) is 25.9 Å². The van der Waals surface area contributed by atoms with E-state index in [1.165, 1.54) is 11.8 Å². The van der Waals surface area contributed by atoms with Crippen LogP contribution in [0, 0.1) is 0 Å². The molecular formula is C18H22N2O5S2. The number of likely N-dealkylation sites (tertiary alicyclic amines) is 1. The third-order valence-electron chi connectivity index (χ3n) is 3.74. The van der Waals surface area contributed by atoms with Crippen LogP contribution in [0.4, 0.5) is 5.69 Å². The van der Waals surface area contributed by atoms with Gasteiger partial charge < -0.3 is 19.7 Å². The van der Waals surface area contributed by atoms with Crippen LogP contribution >= 0.6 is 24.0 Å². The minimum Gasteiger partial charge on any atom is -0.462 e. The van der Waals surface area contributed by atoms with E-state index in [1.54, 1.807) is 31.2 Å². The smallest absolute Gasteiger partial charge is 0.340 e. The van der Waals surface area contributed by atoms with E-state index in [1.807, 2.05) is 0 Å². The maximum absolute atomic E-state index is 12.0. The van der Waals surface area contributed by atoms with Crippen molar-refractivity contribution in [2.45, 2.75) is 19.8 Å². The molecule has 7 nitrogen and oxygen atoms in total. The topological polar surface area (TPSA) is 84.9 Å². The zero-order valence-corrected chi connectivity index (χ0v) is 16.7. The van der Waals surface area contributed by atoms with Gasteiger partial charge in [0.05, 0.1) is 23.6 Å². The molecule has 1 aliphatic rings. The molecule has 0 spiro atoms. The lowest BCUT2D eigenvalue weighted by molar-refractivity contribution is -0.144. The quantitative estimate of drug-likeness (QED) is 0.542. The zero-order chi connectivity index (χ0) is 19.6. The normalized spacial score (nSPS) is 13.1. The van der Waals surface area contributed by atoms with Crippen LogP contribution in [0.2, 0.25) is 0 Å². The monoisotopic (exact) mass is 410 g/mol. The first-order valence-corrected chi connectivity index (χ1v) is 10.0. The third kappa shape index (κ3) is 6.84. The summed E-state index contributed by atoms with van der Waals surface area (Å²) in [6.45, 7) is 3.33. The largest absolute Gasteiger partial charge is 0.462 e. The maximum atomic E-state index is 12.0. The molecule has 0 radical (unpaired) electrons. The molecule has 0 aliphatic carbocycles. The Morgan fingerprint density at radius 1 is 1.19 bits per heavy atom. The predicted octanol–water partition coefficient (Wildman–Crippen LogP) is 2.46. The van der Waals surface area contributed by atoms with Crippen molar-refractivity contribution < 1.29 is 23.9 Å². The lowest BCUT2D eigenvalue weighted by atomic mass is 10.2. The van der Waals surface area contributed by atoms with Gasteiger partial charge in [0.25, 0.3) is 5.91 Å². The molecule has 1 aromatic carbocycles. The molecule has 1 heterocycles. The second-order valence-electron chi connectivity index (χ2n) is 5.72. The van der Waals surface area contributed by atoms with Gasteiger partial charge in [-0.05, 0) is 31.9 Å². The Labute approximate surface area is 167 Å². The molecule has 1 aliphatic heterocycles. The SMILES string of the molecule is CCOC(=O)c1ccccc1NC(=O)COC(=O)CSC(=S)N1CCCC1. The highest BCUT2D eigenvalue weighted by Gasteiger charge is 2.18. The molecule has 2 rings (SSSR count). The third-order valence-corrected chi connectivity index (χ3v) is 5.24. The highest BCUT2D eigenvalue weighted by atomic mass is 32.2. The number of ether oxygens (including phenoxy) is 2. The molecule has 1 N–H and O–H groups in total. The molecule has 146 valence electrons. The molecule has 1 saturated heterocycles. The van der Waals surface area contributed by atoms with Crippen molar-refractivity contribution in [3.8, 4) is 0 Å². The van der Waals surface area contributed by atoms with Crippen LogP contribution in [0.3, 0.4) is 0 Å². The van der Waals surface area contributed by atoms with Gasteiger partial charge in [-0.25, -0.2) is 4.79 Å². The van der Waals surface area contributed by atoms with Crippen molar-refractivity contribution in [1.82, 2.24) is 4.90 Å². The molecule has 0 unspecified atom stereocenters.